The van der Waals surface area contributed by atoms with Gasteiger partial charge in [0.15, 0.2) is 0 Å². The minimum absolute atomic E-state index is 0.148. The summed E-state index contributed by atoms with van der Waals surface area (Å²) in [5, 5.41) is 14.4. The predicted octanol–water partition coefficient (Wildman–Crippen LogP) is 2.85. The number of nitro benzene ring substituents is 1. The zero-order chi connectivity index (χ0) is 23.2. The van der Waals surface area contributed by atoms with Crippen LogP contribution >= 0.6 is 0 Å². The molecule has 2 aromatic carbocycles. The summed E-state index contributed by atoms with van der Waals surface area (Å²) in [7, 11) is 0. The van der Waals surface area contributed by atoms with Crippen LogP contribution < -0.4 is 5.32 Å². The topological polar surface area (TPSA) is 96.5 Å². The lowest BCUT2D eigenvalue weighted by molar-refractivity contribution is -0.384. The zero-order valence-corrected chi connectivity index (χ0v) is 18.7. The maximum absolute atomic E-state index is 12.6. The van der Waals surface area contributed by atoms with E-state index in [1.54, 1.807) is 29.1 Å². The van der Waals surface area contributed by atoms with E-state index in [0.29, 0.717) is 12.2 Å². The SMILES string of the molecule is CCN1CCN(Cc2ccc(CNC(=O)c3ccc(-n4ccnc4)c([N+](=O)[O-])c3)cc2)CC1. The van der Waals surface area contributed by atoms with E-state index in [1.165, 1.54) is 18.0 Å². The zero-order valence-electron chi connectivity index (χ0n) is 18.7. The summed E-state index contributed by atoms with van der Waals surface area (Å²) >= 11 is 0. The number of hydrogen-bond donors (Lipinski definition) is 1. The van der Waals surface area contributed by atoms with Gasteiger partial charge in [-0.1, -0.05) is 31.2 Å². The number of carbonyl (C=O) groups excluding carboxylic acids is 1. The van der Waals surface area contributed by atoms with Crippen LogP contribution in [0.5, 0.6) is 0 Å². The van der Waals surface area contributed by atoms with Crippen molar-refractivity contribution < 1.29 is 9.72 Å². The first-order valence-electron chi connectivity index (χ1n) is 11.1. The number of imidazole rings is 1. The molecule has 1 aliphatic heterocycles. The van der Waals surface area contributed by atoms with Gasteiger partial charge in [0.05, 0.1) is 11.3 Å². The molecule has 1 aliphatic rings. The largest absolute Gasteiger partial charge is 0.348 e. The molecule has 0 bridgehead atoms. The molecule has 1 aromatic heterocycles. The van der Waals surface area contributed by atoms with E-state index in [4.69, 9.17) is 0 Å². The highest BCUT2D eigenvalue weighted by Crippen LogP contribution is 2.24. The number of aromatic nitrogens is 2. The molecule has 33 heavy (non-hydrogen) atoms. The summed E-state index contributed by atoms with van der Waals surface area (Å²) < 4.78 is 1.55. The van der Waals surface area contributed by atoms with Crippen molar-refractivity contribution in [3.8, 4) is 5.69 Å². The highest BCUT2D eigenvalue weighted by molar-refractivity contribution is 5.95. The highest BCUT2D eigenvalue weighted by Gasteiger charge is 2.19. The van der Waals surface area contributed by atoms with E-state index in [2.05, 4.69) is 39.2 Å². The second-order valence-electron chi connectivity index (χ2n) is 8.14. The maximum atomic E-state index is 12.6. The lowest BCUT2D eigenvalue weighted by atomic mass is 10.1. The Balaban J connectivity index is 1.34. The third-order valence-electron chi connectivity index (χ3n) is 6.01. The molecule has 0 aliphatic carbocycles. The summed E-state index contributed by atoms with van der Waals surface area (Å²) in [5.41, 5.74) is 2.69. The number of nitro groups is 1. The van der Waals surface area contributed by atoms with E-state index in [1.807, 2.05) is 12.1 Å². The molecule has 9 heteroatoms. The van der Waals surface area contributed by atoms with E-state index >= 15 is 0 Å². The lowest BCUT2D eigenvalue weighted by Gasteiger charge is -2.34. The fraction of sp³-hybridized carbons (Fsp3) is 0.333. The number of piperazine rings is 1. The van der Waals surface area contributed by atoms with Crippen LogP contribution in [0.25, 0.3) is 5.69 Å². The van der Waals surface area contributed by atoms with Gasteiger partial charge in [-0.05, 0) is 29.8 Å². The molecule has 2 heterocycles. The number of likely N-dealkylation sites (N-methyl/N-ethyl adjacent to an activating group) is 1. The molecule has 1 N–H and O–H groups in total. The van der Waals surface area contributed by atoms with Crippen LogP contribution in [0, 0.1) is 10.1 Å². The molecule has 0 radical (unpaired) electrons. The van der Waals surface area contributed by atoms with Gasteiger partial charge >= 0.3 is 0 Å². The van der Waals surface area contributed by atoms with Gasteiger partial charge in [-0.2, -0.15) is 0 Å². The molecule has 3 aromatic rings. The number of carbonyl (C=O) groups is 1. The maximum Gasteiger partial charge on any atom is 0.294 e. The molecule has 172 valence electrons. The van der Waals surface area contributed by atoms with Gasteiger partial charge in [-0.3, -0.25) is 19.8 Å². The van der Waals surface area contributed by atoms with Crippen molar-refractivity contribution in [2.45, 2.75) is 20.0 Å². The second-order valence-corrected chi connectivity index (χ2v) is 8.14. The minimum atomic E-state index is -0.493. The predicted molar refractivity (Wildman–Crippen MR) is 125 cm³/mol. The molecule has 0 atom stereocenters. The van der Waals surface area contributed by atoms with Gasteiger partial charge in [0, 0.05) is 63.3 Å². The number of rotatable bonds is 8. The van der Waals surface area contributed by atoms with Crippen LogP contribution in [0.3, 0.4) is 0 Å². The Morgan fingerprint density at radius 2 is 1.76 bits per heavy atom. The Labute approximate surface area is 192 Å². The van der Waals surface area contributed by atoms with Gasteiger partial charge in [-0.15, -0.1) is 0 Å². The van der Waals surface area contributed by atoms with E-state index < -0.39 is 4.92 Å². The summed E-state index contributed by atoms with van der Waals surface area (Å²) in [6, 6.07) is 12.7. The van der Waals surface area contributed by atoms with Crippen LogP contribution in [0.4, 0.5) is 5.69 Å². The third kappa shape index (κ3) is 5.63. The van der Waals surface area contributed by atoms with Crippen LogP contribution in [-0.4, -0.2) is 62.9 Å². The Morgan fingerprint density at radius 1 is 1.06 bits per heavy atom. The summed E-state index contributed by atoms with van der Waals surface area (Å²) in [6.45, 7) is 8.97. The van der Waals surface area contributed by atoms with Gasteiger partial charge in [-0.25, -0.2) is 4.98 Å². The first-order chi connectivity index (χ1) is 16.0. The van der Waals surface area contributed by atoms with Crippen molar-refractivity contribution in [1.29, 1.82) is 0 Å². The first-order valence-corrected chi connectivity index (χ1v) is 11.1. The molecule has 9 nitrogen and oxygen atoms in total. The second kappa shape index (κ2) is 10.4. The van der Waals surface area contributed by atoms with Crippen molar-refractivity contribution >= 4 is 11.6 Å². The molecular formula is C24H28N6O3. The van der Waals surface area contributed by atoms with Crippen LogP contribution in [0.1, 0.15) is 28.4 Å². The number of nitrogens with zero attached hydrogens (tertiary/aromatic N) is 5. The number of hydrogen-bond acceptors (Lipinski definition) is 6. The van der Waals surface area contributed by atoms with E-state index in [9.17, 15) is 14.9 Å². The Bertz CT molecular complexity index is 1090. The Hall–Kier alpha value is -3.56. The smallest absolute Gasteiger partial charge is 0.294 e. The molecule has 0 spiro atoms. The van der Waals surface area contributed by atoms with Crippen LogP contribution in [0.15, 0.2) is 61.2 Å². The van der Waals surface area contributed by atoms with Crippen molar-refractivity contribution in [2.24, 2.45) is 0 Å². The number of nitrogens with one attached hydrogen (secondary N) is 1. The average Bonchev–Trinajstić information content (AvgIpc) is 3.38. The molecule has 0 unspecified atom stereocenters. The average molecular weight is 449 g/mol. The normalized spacial score (nSPS) is 14.8. The lowest BCUT2D eigenvalue weighted by Crippen LogP contribution is -2.45. The van der Waals surface area contributed by atoms with Gasteiger partial charge in [0.25, 0.3) is 11.6 Å². The Kier molecular flexibility index (Phi) is 7.11. The first kappa shape index (κ1) is 22.6. The molecule has 0 saturated carbocycles. The van der Waals surface area contributed by atoms with Crippen molar-refractivity contribution in [3.63, 3.8) is 0 Å². The van der Waals surface area contributed by atoms with Gasteiger partial charge in [0.1, 0.15) is 5.69 Å². The minimum Gasteiger partial charge on any atom is -0.348 e. The van der Waals surface area contributed by atoms with Crippen molar-refractivity contribution in [1.82, 2.24) is 24.7 Å². The fourth-order valence-electron chi connectivity index (χ4n) is 4.00. The molecule has 1 amide bonds. The number of amides is 1. The molecule has 4 rings (SSSR count). The molecule has 1 fully saturated rings. The molecule has 1 saturated heterocycles. The van der Waals surface area contributed by atoms with Gasteiger partial charge in [0.2, 0.25) is 0 Å². The van der Waals surface area contributed by atoms with Gasteiger partial charge < -0.3 is 14.8 Å². The highest BCUT2D eigenvalue weighted by atomic mass is 16.6. The Morgan fingerprint density at radius 3 is 2.39 bits per heavy atom. The summed E-state index contributed by atoms with van der Waals surface area (Å²) in [6.07, 6.45) is 4.65. The van der Waals surface area contributed by atoms with Crippen molar-refractivity contribution in [2.75, 3.05) is 32.7 Å². The number of benzene rings is 2. The molecular weight excluding hydrogens is 420 g/mol. The quantitative estimate of drug-likeness (QED) is 0.421. The van der Waals surface area contributed by atoms with E-state index in [0.717, 1.165) is 44.8 Å². The third-order valence-corrected chi connectivity index (χ3v) is 6.01. The summed E-state index contributed by atoms with van der Waals surface area (Å²) in [4.78, 5) is 32.5. The summed E-state index contributed by atoms with van der Waals surface area (Å²) in [5.74, 6) is -0.354. The monoisotopic (exact) mass is 448 g/mol. The van der Waals surface area contributed by atoms with Crippen molar-refractivity contribution in [3.05, 3.63) is 88.0 Å². The van der Waals surface area contributed by atoms with Crippen LogP contribution in [-0.2, 0) is 13.1 Å². The fourth-order valence-corrected chi connectivity index (χ4v) is 4.00. The van der Waals surface area contributed by atoms with E-state index in [-0.39, 0.29) is 17.2 Å². The van der Waals surface area contributed by atoms with Crippen LogP contribution in [0.2, 0.25) is 0 Å². The standard InChI is InChI=1S/C24H28N6O3/c1-2-27-11-13-28(14-12-27)17-20-5-3-19(4-6-20)16-26-24(31)21-7-8-22(23(15-21)30(32)33)29-10-9-25-18-29/h3-10,15,18H,2,11-14,16-17H2,1H3,(H,26,31).